The van der Waals surface area contributed by atoms with E-state index in [1.165, 1.54) is 0 Å². The fourth-order valence-electron chi connectivity index (χ4n) is 3.47. The lowest BCUT2D eigenvalue weighted by Crippen LogP contribution is -2.25. The predicted molar refractivity (Wildman–Crippen MR) is 105 cm³/mol. The van der Waals surface area contributed by atoms with Gasteiger partial charge in [-0.15, -0.1) is 10.2 Å². The molecule has 27 heavy (non-hydrogen) atoms. The summed E-state index contributed by atoms with van der Waals surface area (Å²) in [7, 11) is 0. The van der Waals surface area contributed by atoms with Gasteiger partial charge in [0.1, 0.15) is 0 Å². The quantitative estimate of drug-likeness (QED) is 0.479. The second-order valence-electron chi connectivity index (χ2n) is 8.80. The van der Waals surface area contributed by atoms with Crippen LogP contribution in [0.1, 0.15) is 84.9 Å². The van der Waals surface area contributed by atoms with E-state index in [0.717, 1.165) is 62.9 Å². The Morgan fingerprint density at radius 3 is 2.26 bits per heavy atom. The van der Waals surface area contributed by atoms with Crippen LogP contribution in [0.5, 0.6) is 0 Å². The second kappa shape index (κ2) is 9.92. The Bertz CT molecular complexity index is 608. The molecule has 1 unspecified atom stereocenters. The number of rotatable bonds is 12. The fraction of sp³-hybridized carbons (Fsp3) is 0.842. The van der Waals surface area contributed by atoms with Gasteiger partial charge in [-0.05, 0) is 31.8 Å². The van der Waals surface area contributed by atoms with Crippen molar-refractivity contribution in [2.75, 3.05) is 6.54 Å². The number of aliphatic hydroxyl groups excluding tert-OH is 1. The van der Waals surface area contributed by atoms with E-state index in [-0.39, 0.29) is 16.9 Å². The van der Waals surface area contributed by atoms with Crippen LogP contribution in [0.15, 0.2) is 22.1 Å². The Labute approximate surface area is 162 Å². The highest BCUT2D eigenvalue weighted by molar-refractivity contribution is 5.11. The Hall–Kier alpha value is -1.83. The molecule has 0 saturated heterocycles. The predicted octanol–water partition coefficient (Wildman–Crippen LogP) is 3.84. The molecule has 0 amide bonds. The van der Waals surface area contributed by atoms with Gasteiger partial charge in [0.2, 0.25) is 0 Å². The number of aromatic nitrogens is 4. The zero-order valence-corrected chi connectivity index (χ0v) is 17.2. The van der Waals surface area contributed by atoms with Crippen molar-refractivity contribution in [3.63, 3.8) is 0 Å². The number of hydrogen-bond donors (Lipinski definition) is 3. The van der Waals surface area contributed by atoms with Gasteiger partial charge in [0.05, 0.1) is 12.6 Å². The highest BCUT2D eigenvalue weighted by Gasteiger charge is 2.25. The van der Waals surface area contributed by atoms with Gasteiger partial charge in [0, 0.05) is 16.5 Å². The van der Waals surface area contributed by atoms with Crippen LogP contribution in [0.2, 0.25) is 0 Å². The third-order valence-corrected chi connectivity index (χ3v) is 5.48. The minimum absolute atomic E-state index is 0.0745. The van der Waals surface area contributed by atoms with Gasteiger partial charge in [-0.2, -0.15) is 10.3 Å². The topological polar surface area (TPSA) is 111 Å². The van der Waals surface area contributed by atoms with E-state index in [0.29, 0.717) is 6.54 Å². The Balaban J connectivity index is 1.56. The van der Waals surface area contributed by atoms with Crippen molar-refractivity contribution in [3.8, 4) is 0 Å². The third kappa shape index (κ3) is 7.01. The number of tetrazole rings is 1. The van der Waals surface area contributed by atoms with Gasteiger partial charge >= 0.3 is 0 Å². The summed E-state index contributed by atoms with van der Waals surface area (Å²) in [6.45, 7) is 9.39. The number of nitrogens with one attached hydrogen (secondary N) is 2. The molecule has 1 atom stereocenters. The number of nitrogens with zero attached hydrogens (tertiary/aromatic N) is 5. The van der Waals surface area contributed by atoms with Crippen LogP contribution in [0, 0.1) is 5.41 Å². The smallest absolute Gasteiger partial charge is 0.180 e. The summed E-state index contributed by atoms with van der Waals surface area (Å²) in [4.78, 5) is 0. The maximum Gasteiger partial charge on any atom is 0.180 e. The first kappa shape index (κ1) is 21.5. The lowest BCUT2D eigenvalue weighted by Gasteiger charge is -2.28. The number of aliphatic hydroxyl groups is 1. The zero-order valence-electron chi connectivity index (χ0n) is 17.2. The fourth-order valence-corrected chi connectivity index (χ4v) is 3.47. The van der Waals surface area contributed by atoms with Crippen LogP contribution < -0.4 is 5.43 Å². The number of hydrogen-bond acceptors (Lipinski definition) is 7. The molecule has 8 heteroatoms. The average Bonchev–Trinajstić information content (AvgIpc) is 3.19. The monoisotopic (exact) mass is 377 g/mol. The molecule has 0 bridgehead atoms. The van der Waals surface area contributed by atoms with E-state index in [9.17, 15) is 5.11 Å². The van der Waals surface area contributed by atoms with Crippen molar-refractivity contribution in [2.24, 2.45) is 15.8 Å². The Morgan fingerprint density at radius 2 is 1.70 bits per heavy atom. The largest absolute Gasteiger partial charge is 0.393 e. The molecule has 152 valence electrons. The Morgan fingerprint density at radius 1 is 1.04 bits per heavy atom. The van der Waals surface area contributed by atoms with Gasteiger partial charge in [0.25, 0.3) is 0 Å². The summed E-state index contributed by atoms with van der Waals surface area (Å²) in [5.74, 6) is 0.759. The molecule has 0 spiro atoms. The zero-order chi connectivity index (χ0) is 19.8. The van der Waals surface area contributed by atoms with Crippen LogP contribution in [0.25, 0.3) is 0 Å². The number of allylic oxidation sites excluding steroid dienone is 1. The maximum atomic E-state index is 10.2. The summed E-state index contributed by atoms with van der Waals surface area (Å²) >= 11 is 0. The van der Waals surface area contributed by atoms with Crippen LogP contribution in [0.3, 0.4) is 0 Å². The van der Waals surface area contributed by atoms with Crippen molar-refractivity contribution in [1.82, 2.24) is 26.0 Å². The molecule has 1 aliphatic heterocycles. The van der Waals surface area contributed by atoms with Crippen molar-refractivity contribution in [2.45, 2.75) is 90.6 Å². The van der Waals surface area contributed by atoms with E-state index in [1.54, 1.807) is 0 Å². The first-order chi connectivity index (χ1) is 12.8. The molecule has 0 aromatic carbocycles. The highest BCUT2D eigenvalue weighted by Crippen LogP contribution is 2.32. The summed E-state index contributed by atoms with van der Waals surface area (Å²) in [6, 6.07) is 0. The first-order valence-electron chi connectivity index (χ1n) is 10.1. The molecule has 2 heterocycles. The number of aromatic amines is 1. The van der Waals surface area contributed by atoms with Crippen LogP contribution in [0.4, 0.5) is 0 Å². The van der Waals surface area contributed by atoms with Gasteiger partial charge in [-0.3, -0.25) is 5.43 Å². The van der Waals surface area contributed by atoms with Crippen molar-refractivity contribution in [1.29, 1.82) is 0 Å². The Kier molecular flexibility index (Phi) is 7.89. The van der Waals surface area contributed by atoms with E-state index in [4.69, 9.17) is 0 Å². The lowest BCUT2D eigenvalue weighted by atomic mass is 9.83. The van der Waals surface area contributed by atoms with E-state index < -0.39 is 0 Å². The second-order valence-corrected chi connectivity index (χ2v) is 8.80. The van der Waals surface area contributed by atoms with Gasteiger partial charge < -0.3 is 5.11 Å². The minimum Gasteiger partial charge on any atom is -0.393 e. The SMILES string of the molecule is CC(C)(CCCCC(O)CCCCC(C)(C)c1nn[nH]n1)C1=CCN=NN1. The minimum atomic E-state index is -0.206. The summed E-state index contributed by atoms with van der Waals surface area (Å²) < 4.78 is 0. The molecule has 1 aromatic heterocycles. The molecule has 8 nitrogen and oxygen atoms in total. The highest BCUT2D eigenvalue weighted by atomic mass is 16.3. The summed E-state index contributed by atoms with van der Waals surface area (Å²) in [5, 5.41) is 32.4. The molecule has 2 rings (SSSR count). The van der Waals surface area contributed by atoms with Crippen LogP contribution >= 0.6 is 0 Å². The standard InChI is InChI=1S/C19H35N7O/c1-18(2,16-11-14-20-24-21-16)12-7-5-9-15(27)10-6-8-13-19(3,4)17-22-25-26-23-17/h11,15,27H,5-10,12-14H2,1-4H3,(H,20,21)(H,22,23,25,26). The van der Waals surface area contributed by atoms with Gasteiger partial charge in [0.15, 0.2) is 5.82 Å². The first-order valence-corrected chi connectivity index (χ1v) is 10.1. The van der Waals surface area contributed by atoms with Crippen molar-refractivity contribution < 1.29 is 5.11 Å². The van der Waals surface area contributed by atoms with Crippen LogP contribution in [-0.2, 0) is 5.41 Å². The van der Waals surface area contributed by atoms with Crippen LogP contribution in [-0.4, -0.2) is 38.4 Å². The molecule has 0 fully saturated rings. The molecular formula is C19H35N7O. The number of H-pyrrole nitrogens is 1. The summed E-state index contributed by atoms with van der Waals surface area (Å²) in [6.07, 6.45) is 9.93. The van der Waals surface area contributed by atoms with Gasteiger partial charge in [-0.1, -0.05) is 63.8 Å². The lowest BCUT2D eigenvalue weighted by molar-refractivity contribution is 0.145. The normalized spacial score (nSPS) is 16.1. The third-order valence-electron chi connectivity index (χ3n) is 5.48. The molecule has 1 aromatic rings. The van der Waals surface area contributed by atoms with E-state index >= 15 is 0 Å². The molecule has 0 saturated carbocycles. The molecule has 0 radical (unpaired) electrons. The van der Waals surface area contributed by atoms with Crippen molar-refractivity contribution >= 4 is 0 Å². The van der Waals surface area contributed by atoms with Gasteiger partial charge in [-0.25, -0.2) is 0 Å². The molecular weight excluding hydrogens is 342 g/mol. The summed E-state index contributed by atoms with van der Waals surface area (Å²) in [5.41, 5.74) is 4.17. The molecule has 3 N–H and O–H groups in total. The maximum absolute atomic E-state index is 10.2. The molecule has 0 aliphatic carbocycles. The van der Waals surface area contributed by atoms with E-state index in [1.807, 2.05) is 0 Å². The van der Waals surface area contributed by atoms with Crippen molar-refractivity contribution in [3.05, 3.63) is 17.6 Å². The molecule has 1 aliphatic rings. The number of unbranched alkanes of at least 4 members (excludes halogenated alkanes) is 2. The average molecular weight is 378 g/mol. The van der Waals surface area contributed by atoms with E-state index in [2.05, 4.69) is 70.2 Å².